The molecule has 2 unspecified atom stereocenters. The van der Waals surface area contributed by atoms with Crippen molar-refractivity contribution in [3.63, 3.8) is 0 Å². The van der Waals surface area contributed by atoms with Gasteiger partial charge < -0.3 is 142 Å². The third-order valence-electron chi connectivity index (χ3n) is 24.4. The van der Waals surface area contributed by atoms with E-state index in [1.54, 1.807) is 75.7 Å². The number of anilines is 5. The summed E-state index contributed by atoms with van der Waals surface area (Å²) in [5, 5.41) is 124. The van der Waals surface area contributed by atoms with Gasteiger partial charge in [0.15, 0.2) is 51.5 Å². The molecule has 27 N–H and O–H groups in total. The third kappa shape index (κ3) is 15.1. The summed E-state index contributed by atoms with van der Waals surface area (Å²) in [6, 6.07) is -0.210. The van der Waals surface area contributed by atoms with Crippen molar-refractivity contribution < 1.29 is 131 Å². The van der Waals surface area contributed by atoms with Crippen molar-refractivity contribution in [1.29, 1.82) is 0 Å². The second-order valence-corrected chi connectivity index (χ2v) is 37.0. The van der Waals surface area contributed by atoms with Crippen molar-refractivity contribution in [1.82, 2.24) is 92.6 Å². The third-order valence-corrected chi connectivity index (χ3v) is 28.6. The maximum absolute atomic E-state index is 11.7. The predicted octanol–water partition coefficient (Wildman–Crippen LogP) is -3.45. The zero-order valence-corrected chi connectivity index (χ0v) is 67.0. The zero-order valence-electron chi connectivity index (χ0n) is 63.4. The van der Waals surface area contributed by atoms with Crippen LogP contribution in [0.25, 0.3) is 55.8 Å². The number of imidazole rings is 5. The Bertz CT molecular complexity index is 5490. The number of phosphoric ester groups is 2. The Kier molecular flexibility index (Phi) is 22.1. The molecule has 55 heteroatoms. The number of nitrogen functional groups attached to an aromatic ring is 4. The van der Waals surface area contributed by atoms with Crippen LogP contribution in [0.5, 0.6) is 0 Å². The number of nitrogens with one attached hydrogen (secondary N) is 1. The van der Waals surface area contributed by atoms with Crippen molar-refractivity contribution in [2.24, 2.45) is 45.3 Å². The number of pyridine rings is 1. The average molecular weight is 1750 g/mol. The minimum atomic E-state index is -5.26. The summed E-state index contributed by atoms with van der Waals surface area (Å²) >= 11 is 0. The summed E-state index contributed by atoms with van der Waals surface area (Å²) in [7, 11) is -18.8. The minimum absolute atomic E-state index is 0.0152. The Labute approximate surface area is 669 Å². The van der Waals surface area contributed by atoms with Gasteiger partial charge in [-0.2, -0.15) is 8.62 Å². The van der Waals surface area contributed by atoms with Crippen molar-refractivity contribution in [2.45, 2.75) is 151 Å². The standard InChI is InChI=1S/2C13H19N5O9P2.2C13H17N5O3.C12H16N4O3/c2*1-5-16-11(14)7-12(17-5)18(4-15-7)8-6-2-13(6,10(20)9(8)19)3-26-29(24,25)27-28(21,22)23;2*1-5-16-11(14)7-12(17-5)18(4-15-7)8-6-2-13(6,3-19)10(21)9(8)20;1-13-7-2-3-14-12-11(7)15-6-16(12)10-4-8(18)9(5-17)19-10/h2*4,6,8-10,19-20H,2-3H2,1H3,(H,24,25)(H2,14,16,17)(H2,21,22,23);2*4,6,8-10,19-21H,2-3H2,1H3,(H2,14,16,17);2-3,6,8-10,17-18H,4-5H2,1H3,(H,13,14)/t4*6-,8-,9+,10+,13+;8-,9+,10+/m11110/s1. The normalized spacial score (nSPS) is 34.1. The van der Waals surface area contributed by atoms with E-state index < -0.39 is 139 Å². The van der Waals surface area contributed by atoms with Gasteiger partial charge in [0.25, 0.3) is 0 Å². The first-order chi connectivity index (χ1) is 55.9. The molecule has 0 bridgehead atoms. The highest BCUT2D eigenvalue weighted by Gasteiger charge is 2.75. The lowest BCUT2D eigenvalue weighted by atomic mass is 10.0. The molecule has 10 aromatic heterocycles. The van der Waals surface area contributed by atoms with Gasteiger partial charge in [-0.1, -0.05) is 0 Å². The molecular weight excluding hydrogens is 1660 g/mol. The molecule has 11 heterocycles. The van der Waals surface area contributed by atoms with Crippen LogP contribution in [-0.4, -0.2) is 284 Å². The molecule has 119 heavy (non-hydrogen) atoms. The number of ether oxygens (including phenoxy) is 1. The molecule has 10 aromatic rings. The molecule has 0 aromatic carbocycles. The number of hydrogen-bond donors (Lipinski definition) is 23. The minimum Gasteiger partial charge on any atom is -0.396 e. The van der Waals surface area contributed by atoms with Crippen molar-refractivity contribution in [2.75, 3.05) is 68.3 Å². The van der Waals surface area contributed by atoms with Gasteiger partial charge in [-0.15, -0.1) is 0 Å². The summed E-state index contributed by atoms with van der Waals surface area (Å²) in [4.78, 5) is 113. The molecule has 19 rings (SSSR count). The number of aliphatic hydroxyl groups excluding tert-OH is 12. The van der Waals surface area contributed by atoms with E-state index in [0.29, 0.717) is 117 Å². The van der Waals surface area contributed by atoms with Gasteiger partial charge in [-0.3, -0.25) is 13.6 Å². The van der Waals surface area contributed by atoms with E-state index in [2.05, 4.69) is 83.7 Å². The van der Waals surface area contributed by atoms with Gasteiger partial charge in [0, 0.05) is 41.3 Å². The van der Waals surface area contributed by atoms with E-state index in [1.807, 2.05) is 13.1 Å². The molecule has 0 radical (unpaired) electrons. The molecule has 9 fully saturated rings. The largest absolute Gasteiger partial charge is 0.481 e. The predicted molar refractivity (Wildman–Crippen MR) is 405 cm³/mol. The maximum atomic E-state index is 11.7. The molecule has 0 spiro atoms. The fourth-order valence-corrected chi connectivity index (χ4v) is 21.7. The molecule has 25 atom stereocenters. The van der Waals surface area contributed by atoms with E-state index >= 15 is 0 Å². The molecule has 8 saturated carbocycles. The van der Waals surface area contributed by atoms with Gasteiger partial charge in [0.1, 0.15) is 87.6 Å². The number of aliphatic hydroxyl groups is 12. The van der Waals surface area contributed by atoms with Crippen LogP contribution in [-0.2, 0) is 40.7 Å². The quantitative estimate of drug-likeness (QED) is 0.0350. The number of nitrogens with two attached hydrogens (primary N) is 4. The summed E-state index contributed by atoms with van der Waals surface area (Å²) < 4.78 is 76.0. The Morgan fingerprint density at radius 1 is 0.445 bits per heavy atom. The highest BCUT2D eigenvalue weighted by atomic mass is 31.3. The zero-order chi connectivity index (χ0) is 86.0. The van der Waals surface area contributed by atoms with E-state index in [1.165, 1.54) is 12.7 Å². The second-order valence-electron chi connectivity index (χ2n) is 31.3. The van der Waals surface area contributed by atoms with E-state index in [4.69, 9.17) is 61.4 Å². The topological polar surface area (TPSA) is 800 Å². The summed E-state index contributed by atoms with van der Waals surface area (Å²) in [6.45, 7) is 5.20. The number of hydrogen-bond acceptors (Lipinski definition) is 40. The Balaban J connectivity index is 0.000000117. The fraction of sp³-hybridized carbons (Fsp3) is 0.594. The first kappa shape index (κ1) is 85.8. The number of aryl methyl sites for hydroxylation is 4. The summed E-state index contributed by atoms with van der Waals surface area (Å²) in [5.41, 5.74) is 25.9. The van der Waals surface area contributed by atoms with Crippen LogP contribution in [0.3, 0.4) is 0 Å². The van der Waals surface area contributed by atoms with Gasteiger partial charge in [0.05, 0.1) is 125 Å². The number of rotatable bonds is 19. The SMILES string of the molecule is CNc1ccnc2c1ncn2[C@H]1C[C@H](O)[C@@H](CO)O1.Cc1nc(N)c2ncn([C@H]3[C@H](O)[C@H](O)[C@]4(CO)C[C@H]34)c2n1.Cc1nc(N)c2ncn([C@H]3[C@H](O)[C@H](O)[C@]4(CO)C[C@H]34)c2n1.Cc1nc(N)c2ncn([C@H]3[C@H](O)[C@H](O)[C@]4(COP(=O)(O)OP(=O)(O)O)C[C@H]34)c2n1.Cc1nc(N)c2ncn([C@H]3[C@H](O)[C@H](O)[C@]4(COP(=O)(O)OP(=O)(O)O)C[C@H]34)c2n1. The molecule has 51 nitrogen and oxygen atoms in total. The van der Waals surface area contributed by atoms with Crippen LogP contribution >= 0.6 is 31.3 Å². The van der Waals surface area contributed by atoms with E-state index in [0.717, 1.165) is 11.2 Å². The smallest absolute Gasteiger partial charge is 0.396 e. The Morgan fingerprint density at radius 2 is 0.748 bits per heavy atom. The highest BCUT2D eigenvalue weighted by Crippen LogP contribution is 2.73. The molecule has 0 amide bonds. The van der Waals surface area contributed by atoms with Crippen LogP contribution in [0.1, 0.15) is 85.8 Å². The van der Waals surface area contributed by atoms with Gasteiger partial charge in [-0.05, 0) is 83.1 Å². The highest BCUT2D eigenvalue weighted by molar-refractivity contribution is 7.61. The number of aromatic nitrogens is 19. The fourth-order valence-electron chi connectivity index (χ4n) is 18.3. The number of fused-ring (bicyclic) bond motifs is 9. The van der Waals surface area contributed by atoms with Crippen LogP contribution < -0.4 is 28.3 Å². The second kappa shape index (κ2) is 30.7. The van der Waals surface area contributed by atoms with Crippen LogP contribution in [0.4, 0.5) is 29.0 Å². The first-order valence-electron chi connectivity index (χ1n) is 36.9. The lowest BCUT2D eigenvalue weighted by Crippen LogP contribution is -2.35. The maximum Gasteiger partial charge on any atom is 0.481 e. The molecule has 9 aliphatic rings. The van der Waals surface area contributed by atoms with E-state index in [-0.39, 0.29) is 73.4 Å². The molecule has 646 valence electrons. The number of phosphoric acid groups is 4. The lowest BCUT2D eigenvalue weighted by molar-refractivity contribution is -0.0432. The Morgan fingerprint density at radius 3 is 1.04 bits per heavy atom. The van der Waals surface area contributed by atoms with Crippen molar-refractivity contribution >= 4 is 116 Å². The summed E-state index contributed by atoms with van der Waals surface area (Å²) in [5.74, 6) is 2.05. The van der Waals surface area contributed by atoms with Crippen LogP contribution in [0.2, 0.25) is 0 Å². The molecular formula is C64H88N24O27P4. The van der Waals surface area contributed by atoms with Crippen LogP contribution in [0.15, 0.2) is 43.9 Å². The monoisotopic (exact) mass is 1750 g/mol. The molecule has 8 aliphatic carbocycles. The molecule has 1 saturated heterocycles. The van der Waals surface area contributed by atoms with Gasteiger partial charge in [0.2, 0.25) is 0 Å². The van der Waals surface area contributed by atoms with E-state index in [9.17, 15) is 84.2 Å². The van der Waals surface area contributed by atoms with Crippen LogP contribution in [0, 0.1) is 73.0 Å². The number of nitrogens with zero attached hydrogens (tertiary/aromatic N) is 19. The Hall–Kier alpha value is -8.18. The van der Waals surface area contributed by atoms with Gasteiger partial charge >= 0.3 is 31.3 Å². The summed E-state index contributed by atoms with van der Waals surface area (Å²) in [6.07, 6.45) is 1.22. The van der Waals surface area contributed by atoms with Crippen molar-refractivity contribution in [3.8, 4) is 0 Å². The first-order valence-corrected chi connectivity index (χ1v) is 42.9. The van der Waals surface area contributed by atoms with Gasteiger partial charge in [-0.25, -0.2) is 88.0 Å². The molecule has 1 aliphatic heterocycles. The average Bonchev–Trinajstić information content (AvgIpc) is 1.53. The lowest BCUT2D eigenvalue weighted by Gasteiger charge is -2.24. The van der Waals surface area contributed by atoms with Crippen molar-refractivity contribution in [3.05, 3.63) is 67.2 Å².